The SMILES string of the molecule is CCCC(NC(=O)c1ccc(-c2cc(Cl)ccc2-c2nc3ccccc3[nH]2)c(C(=O)NC#N)c1)c1ccccc1. The highest BCUT2D eigenvalue weighted by Gasteiger charge is 2.22. The molecule has 8 heteroatoms. The maximum absolute atomic E-state index is 13.4. The number of H-pyrrole nitrogens is 1. The van der Waals surface area contributed by atoms with E-state index in [0.29, 0.717) is 27.5 Å². The standard InChI is InChI=1S/C32H26ClN5O2/c1-2-8-27(20-9-4-3-5-10-20)38-31(39)21-13-15-23(26(17-21)32(40)35-19-34)25-18-22(33)14-16-24(25)30-36-28-11-6-7-12-29(28)37-30/h3-7,9-18,27H,2,8H2,1H3,(H,35,40)(H,36,37)(H,38,39). The zero-order chi connectivity index (χ0) is 28.1. The number of hydrogen-bond donors (Lipinski definition) is 3. The van der Waals surface area contributed by atoms with E-state index in [2.05, 4.69) is 22.5 Å². The first-order valence-corrected chi connectivity index (χ1v) is 13.3. The van der Waals surface area contributed by atoms with Crippen LogP contribution < -0.4 is 10.6 Å². The van der Waals surface area contributed by atoms with Gasteiger partial charge in [0.05, 0.1) is 17.1 Å². The van der Waals surface area contributed by atoms with Gasteiger partial charge in [-0.25, -0.2) is 4.98 Å². The van der Waals surface area contributed by atoms with E-state index >= 15 is 0 Å². The lowest BCUT2D eigenvalue weighted by molar-refractivity contribution is 0.0934. The third-order valence-corrected chi connectivity index (χ3v) is 6.93. The second-order valence-corrected chi connectivity index (χ2v) is 9.78. The topological polar surface area (TPSA) is 111 Å². The molecule has 40 heavy (non-hydrogen) atoms. The van der Waals surface area contributed by atoms with E-state index in [1.165, 1.54) is 6.07 Å². The van der Waals surface area contributed by atoms with Crippen LogP contribution in [0.25, 0.3) is 33.5 Å². The normalized spacial score (nSPS) is 11.5. The van der Waals surface area contributed by atoms with Crippen LogP contribution in [0.5, 0.6) is 0 Å². The molecule has 1 unspecified atom stereocenters. The number of nitrogens with zero attached hydrogens (tertiary/aromatic N) is 2. The van der Waals surface area contributed by atoms with Crippen molar-refractivity contribution in [3.05, 3.63) is 113 Å². The summed E-state index contributed by atoms with van der Waals surface area (Å²) in [5.74, 6) is -0.342. The Morgan fingerprint density at radius 3 is 2.42 bits per heavy atom. The third-order valence-electron chi connectivity index (χ3n) is 6.70. The minimum absolute atomic E-state index is 0.167. The van der Waals surface area contributed by atoms with Crippen molar-refractivity contribution in [1.82, 2.24) is 20.6 Å². The number of halogens is 1. The number of imidazole rings is 1. The molecular formula is C32H26ClN5O2. The van der Waals surface area contributed by atoms with Gasteiger partial charge in [-0.05, 0) is 65.6 Å². The molecule has 0 aliphatic carbocycles. The summed E-state index contributed by atoms with van der Waals surface area (Å²) in [4.78, 5) is 34.5. The maximum Gasteiger partial charge on any atom is 0.264 e. The van der Waals surface area contributed by atoms with Crippen LogP contribution in [-0.2, 0) is 0 Å². The van der Waals surface area contributed by atoms with E-state index < -0.39 is 5.91 Å². The van der Waals surface area contributed by atoms with E-state index in [1.54, 1.807) is 30.5 Å². The van der Waals surface area contributed by atoms with Crippen molar-refractivity contribution in [2.45, 2.75) is 25.8 Å². The lowest BCUT2D eigenvalue weighted by Gasteiger charge is -2.19. The molecule has 0 spiro atoms. The largest absolute Gasteiger partial charge is 0.345 e. The van der Waals surface area contributed by atoms with Crippen molar-refractivity contribution in [2.75, 3.05) is 0 Å². The average molecular weight is 548 g/mol. The van der Waals surface area contributed by atoms with Gasteiger partial charge in [0.25, 0.3) is 11.8 Å². The average Bonchev–Trinajstić information content (AvgIpc) is 3.41. The lowest BCUT2D eigenvalue weighted by Crippen LogP contribution is -2.29. The van der Waals surface area contributed by atoms with Gasteiger partial charge >= 0.3 is 0 Å². The summed E-state index contributed by atoms with van der Waals surface area (Å²) in [6.07, 6.45) is 3.34. The molecule has 0 saturated carbocycles. The Labute approximate surface area is 236 Å². The fourth-order valence-electron chi connectivity index (χ4n) is 4.79. The molecule has 3 N–H and O–H groups in total. The summed E-state index contributed by atoms with van der Waals surface area (Å²) in [6, 6.07) is 27.5. The Morgan fingerprint density at radius 2 is 1.68 bits per heavy atom. The van der Waals surface area contributed by atoms with Gasteiger partial charge in [0.1, 0.15) is 5.82 Å². The number of fused-ring (bicyclic) bond motifs is 1. The van der Waals surface area contributed by atoms with Gasteiger partial charge < -0.3 is 10.3 Å². The molecule has 7 nitrogen and oxygen atoms in total. The first kappa shape index (κ1) is 26.7. The first-order valence-electron chi connectivity index (χ1n) is 12.9. The molecule has 4 aromatic carbocycles. The fraction of sp³-hybridized carbons (Fsp3) is 0.125. The minimum atomic E-state index is -0.629. The van der Waals surface area contributed by atoms with Crippen LogP contribution in [0, 0.1) is 11.5 Å². The fourth-order valence-corrected chi connectivity index (χ4v) is 4.96. The molecular weight excluding hydrogens is 522 g/mol. The Morgan fingerprint density at radius 1 is 0.925 bits per heavy atom. The van der Waals surface area contributed by atoms with E-state index in [1.807, 2.05) is 60.7 Å². The number of nitrogens with one attached hydrogen (secondary N) is 3. The van der Waals surface area contributed by atoms with E-state index in [4.69, 9.17) is 16.6 Å². The second-order valence-electron chi connectivity index (χ2n) is 9.34. The van der Waals surface area contributed by atoms with Gasteiger partial charge in [0, 0.05) is 21.7 Å². The van der Waals surface area contributed by atoms with Crippen LogP contribution in [0.15, 0.2) is 91.0 Å². The van der Waals surface area contributed by atoms with Crippen LogP contribution >= 0.6 is 11.6 Å². The second kappa shape index (κ2) is 11.9. The van der Waals surface area contributed by atoms with Gasteiger partial charge in [-0.15, -0.1) is 0 Å². The molecule has 1 atom stereocenters. The summed E-state index contributed by atoms with van der Waals surface area (Å²) >= 11 is 6.41. The number of aromatic nitrogens is 2. The zero-order valence-corrected chi connectivity index (χ0v) is 22.5. The molecule has 0 radical (unpaired) electrons. The van der Waals surface area contributed by atoms with Crippen LogP contribution in [-0.4, -0.2) is 21.8 Å². The monoisotopic (exact) mass is 547 g/mol. The summed E-state index contributed by atoms with van der Waals surface area (Å²) in [5, 5.41) is 15.0. The highest BCUT2D eigenvalue weighted by atomic mass is 35.5. The molecule has 0 fully saturated rings. The van der Waals surface area contributed by atoms with Gasteiger partial charge in [-0.1, -0.05) is 73.5 Å². The van der Waals surface area contributed by atoms with Crippen molar-refractivity contribution in [2.24, 2.45) is 0 Å². The molecule has 0 bridgehead atoms. The van der Waals surface area contributed by atoms with Crippen LogP contribution in [0.4, 0.5) is 0 Å². The molecule has 1 heterocycles. The molecule has 0 saturated heterocycles. The predicted octanol–water partition coefficient (Wildman–Crippen LogP) is 7.03. The van der Waals surface area contributed by atoms with Crippen molar-refractivity contribution >= 4 is 34.4 Å². The van der Waals surface area contributed by atoms with Crippen molar-refractivity contribution in [1.29, 1.82) is 5.26 Å². The number of amides is 2. The molecule has 5 rings (SSSR count). The molecule has 2 amide bonds. The summed E-state index contributed by atoms with van der Waals surface area (Å²) < 4.78 is 0. The Bertz CT molecular complexity index is 1710. The van der Waals surface area contributed by atoms with E-state index in [0.717, 1.165) is 35.0 Å². The first-order chi connectivity index (χ1) is 19.5. The van der Waals surface area contributed by atoms with Crippen molar-refractivity contribution in [3.8, 4) is 28.7 Å². The number of carbonyl (C=O) groups is 2. The van der Waals surface area contributed by atoms with E-state index in [-0.39, 0.29) is 17.5 Å². The number of rotatable bonds is 8. The van der Waals surface area contributed by atoms with Gasteiger partial charge in [0.15, 0.2) is 6.19 Å². The lowest BCUT2D eigenvalue weighted by atomic mass is 9.92. The summed E-state index contributed by atoms with van der Waals surface area (Å²) in [5.41, 5.74) is 5.00. The third kappa shape index (κ3) is 5.58. The minimum Gasteiger partial charge on any atom is -0.345 e. The van der Waals surface area contributed by atoms with Gasteiger partial charge in [-0.3, -0.25) is 14.9 Å². The number of aromatic amines is 1. The van der Waals surface area contributed by atoms with Gasteiger partial charge in [-0.2, -0.15) is 5.26 Å². The molecule has 198 valence electrons. The highest BCUT2D eigenvalue weighted by Crippen LogP contribution is 2.36. The predicted molar refractivity (Wildman–Crippen MR) is 157 cm³/mol. The highest BCUT2D eigenvalue weighted by molar-refractivity contribution is 6.31. The van der Waals surface area contributed by atoms with Crippen LogP contribution in [0.2, 0.25) is 5.02 Å². The smallest absolute Gasteiger partial charge is 0.264 e. The molecule has 1 aromatic heterocycles. The molecule has 0 aliphatic rings. The number of benzene rings is 4. The number of carbonyl (C=O) groups excluding carboxylic acids is 2. The zero-order valence-electron chi connectivity index (χ0n) is 21.7. The number of hydrogen-bond acceptors (Lipinski definition) is 4. The Hall–Kier alpha value is -4.93. The van der Waals surface area contributed by atoms with Crippen molar-refractivity contribution < 1.29 is 9.59 Å². The quantitative estimate of drug-likeness (QED) is 0.143. The Kier molecular flexibility index (Phi) is 7.90. The maximum atomic E-state index is 13.4. The van der Waals surface area contributed by atoms with Crippen LogP contribution in [0.1, 0.15) is 52.1 Å². The number of nitriles is 1. The Balaban J connectivity index is 1.58. The van der Waals surface area contributed by atoms with Gasteiger partial charge in [0.2, 0.25) is 0 Å². The molecule has 5 aromatic rings. The molecule has 0 aliphatic heterocycles. The number of para-hydroxylation sites is 2. The summed E-state index contributed by atoms with van der Waals surface area (Å²) in [6.45, 7) is 2.06. The van der Waals surface area contributed by atoms with E-state index in [9.17, 15) is 14.9 Å². The van der Waals surface area contributed by atoms with Crippen LogP contribution in [0.3, 0.4) is 0 Å². The summed E-state index contributed by atoms with van der Waals surface area (Å²) in [7, 11) is 0. The van der Waals surface area contributed by atoms with Crippen molar-refractivity contribution in [3.63, 3.8) is 0 Å².